The summed E-state index contributed by atoms with van der Waals surface area (Å²) in [6.07, 6.45) is 4.93. The summed E-state index contributed by atoms with van der Waals surface area (Å²) >= 11 is 0. The minimum atomic E-state index is -1.02. The SMILES string of the molecule is O=C(O)[C@H]1C[C@@H](O)CN1C(=O)C1CC2CCCCC2N1. The molecule has 2 saturated heterocycles. The number of carboxylic acid groups (broad SMARTS) is 1. The van der Waals surface area contributed by atoms with Crippen LogP contribution in [0.3, 0.4) is 0 Å². The molecule has 20 heavy (non-hydrogen) atoms. The Bertz CT molecular complexity index is 400. The normalized spacial score (nSPS) is 40.6. The molecule has 1 amide bonds. The van der Waals surface area contributed by atoms with Crippen LogP contribution in [0.1, 0.15) is 38.5 Å². The second-order valence-corrected chi connectivity index (χ2v) is 6.34. The summed E-state index contributed by atoms with van der Waals surface area (Å²) in [5.74, 6) is -0.623. The van der Waals surface area contributed by atoms with Crippen molar-refractivity contribution in [3.63, 3.8) is 0 Å². The second kappa shape index (κ2) is 5.33. The van der Waals surface area contributed by atoms with E-state index in [2.05, 4.69) is 5.32 Å². The third kappa shape index (κ3) is 2.42. The lowest BCUT2D eigenvalue weighted by molar-refractivity contribution is -0.148. The largest absolute Gasteiger partial charge is 0.480 e. The van der Waals surface area contributed by atoms with Crippen LogP contribution < -0.4 is 5.32 Å². The highest BCUT2D eigenvalue weighted by atomic mass is 16.4. The molecule has 3 fully saturated rings. The van der Waals surface area contributed by atoms with Gasteiger partial charge in [0.2, 0.25) is 5.91 Å². The molecule has 3 aliphatic rings. The van der Waals surface area contributed by atoms with Gasteiger partial charge in [-0.15, -0.1) is 0 Å². The Morgan fingerprint density at radius 2 is 1.90 bits per heavy atom. The van der Waals surface area contributed by atoms with Gasteiger partial charge in [-0.05, 0) is 25.2 Å². The van der Waals surface area contributed by atoms with Crippen molar-refractivity contribution >= 4 is 11.9 Å². The van der Waals surface area contributed by atoms with Crippen LogP contribution in [0.15, 0.2) is 0 Å². The molecule has 1 saturated carbocycles. The van der Waals surface area contributed by atoms with Crippen LogP contribution in [0.2, 0.25) is 0 Å². The van der Waals surface area contributed by atoms with E-state index in [4.69, 9.17) is 0 Å². The van der Waals surface area contributed by atoms with Crippen molar-refractivity contribution < 1.29 is 19.8 Å². The van der Waals surface area contributed by atoms with E-state index in [-0.39, 0.29) is 24.9 Å². The summed E-state index contributed by atoms with van der Waals surface area (Å²) in [5, 5.41) is 22.2. The van der Waals surface area contributed by atoms with Crippen LogP contribution in [0.4, 0.5) is 0 Å². The summed E-state index contributed by atoms with van der Waals surface area (Å²) in [7, 11) is 0. The van der Waals surface area contributed by atoms with Crippen LogP contribution in [0.5, 0.6) is 0 Å². The molecular formula is C14H22N2O4. The molecule has 2 heterocycles. The van der Waals surface area contributed by atoms with E-state index in [1.54, 1.807) is 0 Å². The number of aliphatic carboxylic acids is 1. The number of β-amino-alcohol motifs (C(OH)–C–C–N with tert-alkyl or cyclic N) is 1. The number of carboxylic acids is 1. The number of rotatable bonds is 2. The van der Waals surface area contributed by atoms with E-state index < -0.39 is 18.1 Å². The number of hydrogen-bond acceptors (Lipinski definition) is 4. The number of carbonyl (C=O) groups is 2. The number of fused-ring (bicyclic) bond motifs is 1. The second-order valence-electron chi connectivity index (χ2n) is 6.34. The first-order valence-electron chi connectivity index (χ1n) is 7.53. The molecule has 3 rings (SSSR count). The zero-order valence-corrected chi connectivity index (χ0v) is 11.5. The Kier molecular flexibility index (Phi) is 3.69. The first kappa shape index (κ1) is 13.8. The third-order valence-electron chi connectivity index (χ3n) is 5.01. The minimum Gasteiger partial charge on any atom is -0.480 e. The number of aliphatic hydroxyl groups excluding tert-OH is 1. The number of hydrogen-bond donors (Lipinski definition) is 3. The average Bonchev–Trinajstić information content (AvgIpc) is 3.01. The quantitative estimate of drug-likeness (QED) is 0.661. The number of nitrogens with zero attached hydrogens (tertiary/aromatic N) is 1. The number of carbonyl (C=O) groups excluding carboxylic acids is 1. The highest BCUT2D eigenvalue weighted by Crippen LogP contribution is 2.34. The molecule has 0 spiro atoms. The van der Waals surface area contributed by atoms with Gasteiger partial charge in [0.25, 0.3) is 0 Å². The monoisotopic (exact) mass is 282 g/mol. The van der Waals surface area contributed by atoms with Crippen LogP contribution in [0, 0.1) is 5.92 Å². The van der Waals surface area contributed by atoms with Gasteiger partial charge in [-0.1, -0.05) is 12.8 Å². The molecule has 0 bridgehead atoms. The summed E-state index contributed by atoms with van der Waals surface area (Å²) in [6.45, 7) is 0.142. The van der Waals surface area contributed by atoms with E-state index in [0.29, 0.717) is 12.0 Å². The Morgan fingerprint density at radius 1 is 1.15 bits per heavy atom. The first-order chi connectivity index (χ1) is 9.56. The molecule has 5 atom stereocenters. The van der Waals surface area contributed by atoms with Gasteiger partial charge in [0, 0.05) is 19.0 Å². The molecule has 6 nitrogen and oxygen atoms in total. The van der Waals surface area contributed by atoms with E-state index in [0.717, 1.165) is 19.3 Å². The van der Waals surface area contributed by atoms with E-state index in [1.165, 1.54) is 17.7 Å². The molecule has 3 N–H and O–H groups in total. The van der Waals surface area contributed by atoms with Gasteiger partial charge in [-0.2, -0.15) is 0 Å². The molecule has 0 radical (unpaired) electrons. The fraction of sp³-hybridized carbons (Fsp3) is 0.857. The fourth-order valence-electron chi connectivity index (χ4n) is 4.00. The average molecular weight is 282 g/mol. The molecule has 0 aromatic carbocycles. The van der Waals surface area contributed by atoms with Crippen molar-refractivity contribution in [2.75, 3.05) is 6.54 Å². The van der Waals surface area contributed by atoms with Crippen LogP contribution >= 0.6 is 0 Å². The molecule has 0 aromatic rings. The Labute approximate surface area is 118 Å². The van der Waals surface area contributed by atoms with Crippen molar-refractivity contribution in [1.82, 2.24) is 10.2 Å². The summed E-state index contributed by atoms with van der Waals surface area (Å²) in [6, 6.07) is -0.731. The van der Waals surface area contributed by atoms with Crippen molar-refractivity contribution in [2.45, 2.75) is 62.8 Å². The number of aliphatic hydroxyl groups is 1. The highest BCUT2D eigenvalue weighted by molar-refractivity contribution is 5.88. The molecule has 0 aromatic heterocycles. The van der Waals surface area contributed by atoms with Crippen molar-refractivity contribution in [1.29, 1.82) is 0 Å². The van der Waals surface area contributed by atoms with Gasteiger partial charge in [-0.25, -0.2) is 4.79 Å². The van der Waals surface area contributed by atoms with Gasteiger partial charge in [-0.3, -0.25) is 4.79 Å². The van der Waals surface area contributed by atoms with Crippen molar-refractivity contribution in [3.8, 4) is 0 Å². The van der Waals surface area contributed by atoms with Gasteiger partial charge in [0.1, 0.15) is 6.04 Å². The number of likely N-dealkylation sites (tertiary alicyclic amines) is 1. The number of nitrogens with one attached hydrogen (secondary N) is 1. The molecular weight excluding hydrogens is 260 g/mol. The molecule has 2 aliphatic heterocycles. The summed E-state index contributed by atoms with van der Waals surface area (Å²) < 4.78 is 0. The summed E-state index contributed by atoms with van der Waals surface area (Å²) in [5.41, 5.74) is 0. The maximum atomic E-state index is 12.5. The maximum absolute atomic E-state index is 12.5. The van der Waals surface area contributed by atoms with Crippen LogP contribution in [-0.4, -0.2) is 57.8 Å². The van der Waals surface area contributed by atoms with Crippen molar-refractivity contribution in [3.05, 3.63) is 0 Å². The van der Waals surface area contributed by atoms with Crippen LogP contribution in [-0.2, 0) is 9.59 Å². The lowest BCUT2D eigenvalue weighted by atomic mass is 9.85. The Hall–Kier alpha value is -1.14. The highest BCUT2D eigenvalue weighted by Gasteiger charge is 2.45. The Balaban J connectivity index is 1.68. The van der Waals surface area contributed by atoms with E-state index in [9.17, 15) is 19.8 Å². The first-order valence-corrected chi connectivity index (χ1v) is 7.53. The van der Waals surface area contributed by atoms with Gasteiger partial charge in [0.05, 0.1) is 12.1 Å². The molecule has 1 aliphatic carbocycles. The fourth-order valence-corrected chi connectivity index (χ4v) is 4.00. The third-order valence-corrected chi connectivity index (χ3v) is 5.01. The van der Waals surface area contributed by atoms with E-state index in [1.807, 2.05) is 0 Å². The molecule has 3 unspecified atom stereocenters. The zero-order chi connectivity index (χ0) is 14.3. The molecule has 112 valence electrons. The van der Waals surface area contributed by atoms with Gasteiger partial charge >= 0.3 is 5.97 Å². The minimum absolute atomic E-state index is 0.140. The lowest BCUT2D eigenvalue weighted by Crippen LogP contribution is -2.49. The predicted molar refractivity (Wildman–Crippen MR) is 71.0 cm³/mol. The van der Waals surface area contributed by atoms with Crippen molar-refractivity contribution in [2.24, 2.45) is 5.92 Å². The maximum Gasteiger partial charge on any atom is 0.326 e. The number of amides is 1. The Morgan fingerprint density at radius 3 is 2.60 bits per heavy atom. The standard InChI is InChI=1S/C14H22N2O4/c17-9-6-12(14(19)20)16(7-9)13(18)11-5-8-3-1-2-4-10(8)15-11/h8-12,15,17H,1-7H2,(H,19,20)/t8?,9-,10?,11?,12-/m1/s1. The van der Waals surface area contributed by atoms with Gasteiger partial charge < -0.3 is 20.4 Å². The zero-order valence-electron chi connectivity index (χ0n) is 11.5. The summed E-state index contributed by atoms with van der Waals surface area (Å²) in [4.78, 5) is 25.1. The van der Waals surface area contributed by atoms with E-state index >= 15 is 0 Å². The lowest BCUT2D eigenvalue weighted by Gasteiger charge is -2.25. The topological polar surface area (TPSA) is 89.9 Å². The van der Waals surface area contributed by atoms with Crippen LogP contribution in [0.25, 0.3) is 0 Å². The van der Waals surface area contributed by atoms with Gasteiger partial charge in [0.15, 0.2) is 0 Å². The predicted octanol–water partition coefficient (Wildman–Crippen LogP) is -0.0465. The molecule has 6 heteroatoms. The smallest absolute Gasteiger partial charge is 0.326 e.